The van der Waals surface area contributed by atoms with Crippen molar-refractivity contribution in [3.05, 3.63) is 23.8 Å². The number of nitrogens with two attached hydrogens (primary N) is 1. The van der Waals surface area contributed by atoms with E-state index < -0.39 is 5.97 Å². The van der Waals surface area contributed by atoms with Crippen LogP contribution in [0.2, 0.25) is 0 Å². The first-order chi connectivity index (χ1) is 7.49. The summed E-state index contributed by atoms with van der Waals surface area (Å²) in [6.07, 6.45) is 0.868. The van der Waals surface area contributed by atoms with Crippen molar-refractivity contribution in [1.82, 2.24) is 0 Å². The van der Waals surface area contributed by atoms with Crippen molar-refractivity contribution in [3.8, 4) is 0 Å². The second-order valence-corrected chi connectivity index (χ2v) is 5.38. The molecule has 1 atom stereocenters. The maximum Gasteiger partial charge on any atom is 0.303 e. The molecule has 0 radical (unpaired) electrons. The zero-order valence-corrected chi connectivity index (χ0v) is 10.4. The standard InChI is InChI=1S/C12H17NO2S/c1-8-3-5-11(10(13)7-8)16-9(2)4-6-12(14)15/h3,5,7,9H,4,6,13H2,1-2H3,(H,14,15). The maximum atomic E-state index is 10.4. The molecule has 4 heteroatoms. The first kappa shape index (κ1) is 12.9. The van der Waals surface area contributed by atoms with Crippen LogP contribution in [0.4, 0.5) is 5.69 Å². The highest BCUT2D eigenvalue weighted by molar-refractivity contribution is 8.00. The quantitative estimate of drug-likeness (QED) is 0.612. The number of aryl methyl sites for hydroxylation is 1. The summed E-state index contributed by atoms with van der Waals surface area (Å²) in [6, 6.07) is 5.95. The zero-order valence-electron chi connectivity index (χ0n) is 9.56. The first-order valence-corrected chi connectivity index (χ1v) is 6.11. The van der Waals surface area contributed by atoms with Crippen molar-refractivity contribution >= 4 is 23.4 Å². The predicted molar refractivity (Wildman–Crippen MR) is 67.8 cm³/mol. The van der Waals surface area contributed by atoms with Crippen LogP contribution in [0, 0.1) is 6.92 Å². The molecule has 0 amide bonds. The monoisotopic (exact) mass is 239 g/mol. The van der Waals surface area contributed by atoms with Gasteiger partial charge in [0.2, 0.25) is 0 Å². The molecule has 0 bridgehead atoms. The van der Waals surface area contributed by atoms with E-state index in [2.05, 4.69) is 0 Å². The minimum atomic E-state index is -0.746. The Hall–Kier alpha value is -1.16. The molecule has 0 heterocycles. The van der Waals surface area contributed by atoms with Crippen molar-refractivity contribution in [1.29, 1.82) is 0 Å². The molecule has 1 unspecified atom stereocenters. The van der Waals surface area contributed by atoms with Gasteiger partial charge >= 0.3 is 5.97 Å². The van der Waals surface area contributed by atoms with Crippen LogP contribution < -0.4 is 5.73 Å². The van der Waals surface area contributed by atoms with E-state index in [0.29, 0.717) is 6.42 Å². The summed E-state index contributed by atoms with van der Waals surface area (Å²) >= 11 is 1.63. The molecule has 1 aromatic carbocycles. The van der Waals surface area contributed by atoms with Gasteiger partial charge in [-0.05, 0) is 31.0 Å². The average Bonchev–Trinajstić information content (AvgIpc) is 2.19. The van der Waals surface area contributed by atoms with Crippen LogP contribution in [0.15, 0.2) is 23.1 Å². The molecule has 0 fully saturated rings. The first-order valence-electron chi connectivity index (χ1n) is 5.23. The van der Waals surface area contributed by atoms with E-state index in [1.165, 1.54) is 0 Å². The largest absolute Gasteiger partial charge is 0.481 e. The Morgan fingerprint density at radius 2 is 2.25 bits per heavy atom. The van der Waals surface area contributed by atoms with Crippen LogP contribution in [0.5, 0.6) is 0 Å². The van der Waals surface area contributed by atoms with Gasteiger partial charge in [-0.3, -0.25) is 4.79 Å². The number of nitrogen functional groups attached to an aromatic ring is 1. The summed E-state index contributed by atoms with van der Waals surface area (Å²) in [5.74, 6) is -0.746. The number of rotatable bonds is 5. The van der Waals surface area contributed by atoms with Crippen LogP contribution in [-0.2, 0) is 4.79 Å². The minimum Gasteiger partial charge on any atom is -0.481 e. The fourth-order valence-electron chi connectivity index (χ4n) is 1.38. The van der Waals surface area contributed by atoms with E-state index in [1.54, 1.807) is 11.8 Å². The van der Waals surface area contributed by atoms with Gasteiger partial charge in [-0.25, -0.2) is 0 Å². The smallest absolute Gasteiger partial charge is 0.303 e. The van der Waals surface area contributed by atoms with Crippen LogP contribution >= 0.6 is 11.8 Å². The lowest BCUT2D eigenvalue weighted by molar-refractivity contribution is -0.137. The van der Waals surface area contributed by atoms with E-state index in [-0.39, 0.29) is 11.7 Å². The molecular weight excluding hydrogens is 222 g/mol. The van der Waals surface area contributed by atoms with Crippen LogP contribution in [0.1, 0.15) is 25.3 Å². The third-order valence-corrected chi connectivity index (χ3v) is 3.52. The van der Waals surface area contributed by atoms with Gasteiger partial charge < -0.3 is 10.8 Å². The number of benzene rings is 1. The Morgan fingerprint density at radius 1 is 1.56 bits per heavy atom. The number of carboxylic acid groups (broad SMARTS) is 1. The number of anilines is 1. The third-order valence-electron chi connectivity index (χ3n) is 2.26. The van der Waals surface area contributed by atoms with Crippen molar-refractivity contribution in [3.63, 3.8) is 0 Å². The number of hydrogen-bond donors (Lipinski definition) is 2. The van der Waals surface area contributed by atoms with E-state index in [9.17, 15) is 4.79 Å². The predicted octanol–water partition coefficient (Wildman–Crippen LogP) is 2.92. The van der Waals surface area contributed by atoms with Gasteiger partial charge in [0.1, 0.15) is 0 Å². The molecule has 1 aromatic rings. The second kappa shape index (κ2) is 5.80. The highest BCUT2D eigenvalue weighted by Gasteiger charge is 2.09. The Balaban J connectivity index is 2.55. The highest BCUT2D eigenvalue weighted by Crippen LogP contribution is 2.31. The topological polar surface area (TPSA) is 63.3 Å². The summed E-state index contributed by atoms with van der Waals surface area (Å²) in [5.41, 5.74) is 7.80. The average molecular weight is 239 g/mol. The van der Waals surface area contributed by atoms with E-state index in [1.807, 2.05) is 32.0 Å². The number of hydrogen-bond acceptors (Lipinski definition) is 3. The summed E-state index contributed by atoms with van der Waals surface area (Å²) in [4.78, 5) is 11.5. The number of carbonyl (C=O) groups is 1. The van der Waals surface area contributed by atoms with Gasteiger partial charge in [-0.15, -0.1) is 11.8 Å². The normalized spacial score (nSPS) is 12.4. The van der Waals surface area contributed by atoms with Crippen molar-refractivity contribution in [2.75, 3.05) is 5.73 Å². The number of thioether (sulfide) groups is 1. The van der Waals surface area contributed by atoms with Gasteiger partial charge in [-0.2, -0.15) is 0 Å². The number of carboxylic acids is 1. The lowest BCUT2D eigenvalue weighted by Crippen LogP contribution is -2.03. The SMILES string of the molecule is Cc1ccc(SC(C)CCC(=O)O)c(N)c1. The van der Waals surface area contributed by atoms with E-state index >= 15 is 0 Å². The molecule has 0 aromatic heterocycles. The summed E-state index contributed by atoms with van der Waals surface area (Å²) < 4.78 is 0. The molecule has 88 valence electrons. The van der Waals surface area contributed by atoms with Gasteiger partial charge in [0.15, 0.2) is 0 Å². The summed E-state index contributed by atoms with van der Waals surface area (Å²) in [5, 5.41) is 8.85. The fraction of sp³-hybridized carbons (Fsp3) is 0.417. The Bertz CT molecular complexity index is 379. The Labute approximate surface area is 100 Å². The van der Waals surface area contributed by atoms with E-state index in [0.717, 1.165) is 16.1 Å². The molecular formula is C12H17NO2S. The summed E-state index contributed by atoms with van der Waals surface area (Å²) in [6.45, 7) is 4.02. The Kier molecular flexibility index (Phi) is 4.68. The molecule has 0 saturated heterocycles. The van der Waals surface area contributed by atoms with Crippen LogP contribution in [0.3, 0.4) is 0 Å². The minimum absolute atomic E-state index is 0.208. The van der Waals surface area contributed by atoms with E-state index in [4.69, 9.17) is 10.8 Å². The molecule has 1 rings (SSSR count). The Morgan fingerprint density at radius 3 is 2.81 bits per heavy atom. The number of aliphatic carboxylic acids is 1. The molecule has 0 aliphatic carbocycles. The van der Waals surface area contributed by atoms with Crippen molar-refractivity contribution in [2.45, 2.75) is 36.8 Å². The van der Waals surface area contributed by atoms with Gasteiger partial charge in [0, 0.05) is 22.3 Å². The molecule has 3 N–H and O–H groups in total. The van der Waals surface area contributed by atoms with Crippen LogP contribution in [-0.4, -0.2) is 16.3 Å². The van der Waals surface area contributed by atoms with Gasteiger partial charge in [0.05, 0.1) is 0 Å². The lowest BCUT2D eigenvalue weighted by Gasteiger charge is -2.12. The van der Waals surface area contributed by atoms with Gasteiger partial charge in [-0.1, -0.05) is 13.0 Å². The van der Waals surface area contributed by atoms with Gasteiger partial charge in [0.25, 0.3) is 0 Å². The molecule has 16 heavy (non-hydrogen) atoms. The molecule has 3 nitrogen and oxygen atoms in total. The molecule has 0 saturated carbocycles. The molecule has 0 spiro atoms. The molecule has 0 aliphatic rings. The zero-order chi connectivity index (χ0) is 12.1. The third kappa shape index (κ3) is 4.14. The van der Waals surface area contributed by atoms with Crippen LogP contribution in [0.25, 0.3) is 0 Å². The fourth-order valence-corrected chi connectivity index (χ4v) is 2.39. The van der Waals surface area contributed by atoms with Crippen molar-refractivity contribution in [2.24, 2.45) is 0 Å². The highest BCUT2D eigenvalue weighted by atomic mass is 32.2. The van der Waals surface area contributed by atoms with Crippen molar-refractivity contribution < 1.29 is 9.90 Å². The maximum absolute atomic E-state index is 10.4. The second-order valence-electron chi connectivity index (χ2n) is 3.90. The molecule has 0 aliphatic heterocycles. The summed E-state index contributed by atoms with van der Waals surface area (Å²) in [7, 11) is 0. The lowest BCUT2D eigenvalue weighted by atomic mass is 10.2.